The van der Waals surface area contributed by atoms with Crippen molar-refractivity contribution in [2.24, 2.45) is 10.8 Å². The fourth-order valence-electron chi connectivity index (χ4n) is 4.38. The minimum absolute atomic E-state index is 0.138. The van der Waals surface area contributed by atoms with E-state index in [4.69, 9.17) is 0 Å². The SMILES string of the molecule is CC1(C)CC(NCC2CCCS2(=O)=O)CC(C)(C)C1. The average molecular weight is 287 g/mol. The molecule has 2 rings (SSSR count). The molecule has 1 saturated heterocycles. The summed E-state index contributed by atoms with van der Waals surface area (Å²) >= 11 is 0. The highest BCUT2D eigenvalue weighted by Gasteiger charge is 2.39. The Labute approximate surface area is 118 Å². The molecular formula is C15H29NO2S. The van der Waals surface area contributed by atoms with Gasteiger partial charge in [-0.1, -0.05) is 27.7 Å². The van der Waals surface area contributed by atoms with Crippen molar-refractivity contribution in [1.29, 1.82) is 0 Å². The molecule has 0 aromatic heterocycles. The maximum Gasteiger partial charge on any atom is 0.154 e. The van der Waals surface area contributed by atoms with Crippen molar-refractivity contribution >= 4 is 9.84 Å². The molecule has 1 heterocycles. The first-order valence-corrected chi connectivity index (χ1v) is 9.26. The summed E-state index contributed by atoms with van der Waals surface area (Å²) in [6.07, 6.45) is 5.25. The first kappa shape index (κ1) is 15.3. The van der Waals surface area contributed by atoms with Crippen LogP contribution in [0.3, 0.4) is 0 Å². The maximum absolute atomic E-state index is 11.8. The van der Waals surface area contributed by atoms with Gasteiger partial charge in [-0.2, -0.15) is 0 Å². The molecule has 1 saturated carbocycles. The number of rotatable bonds is 3. The Morgan fingerprint density at radius 3 is 2.16 bits per heavy atom. The van der Waals surface area contributed by atoms with Gasteiger partial charge in [0.05, 0.1) is 11.0 Å². The van der Waals surface area contributed by atoms with Gasteiger partial charge in [0.1, 0.15) is 0 Å². The lowest BCUT2D eigenvalue weighted by Crippen LogP contribution is -2.46. The molecule has 4 heteroatoms. The third kappa shape index (κ3) is 3.94. The van der Waals surface area contributed by atoms with Gasteiger partial charge >= 0.3 is 0 Å². The van der Waals surface area contributed by atoms with E-state index in [2.05, 4.69) is 33.0 Å². The summed E-state index contributed by atoms with van der Waals surface area (Å²) < 4.78 is 23.7. The van der Waals surface area contributed by atoms with Gasteiger partial charge in [-0.25, -0.2) is 8.42 Å². The van der Waals surface area contributed by atoms with E-state index in [1.165, 1.54) is 6.42 Å². The summed E-state index contributed by atoms with van der Waals surface area (Å²) in [6, 6.07) is 0.467. The maximum atomic E-state index is 11.8. The second-order valence-corrected chi connectivity index (χ2v) is 10.6. The molecule has 0 spiro atoms. The van der Waals surface area contributed by atoms with Crippen LogP contribution in [0.4, 0.5) is 0 Å². The molecule has 19 heavy (non-hydrogen) atoms. The Morgan fingerprint density at radius 1 is 1.11 bits per heavy atom. The van der Waals surface area contributed by atoms with Crippen LogP contribution in [0.25, 0.3) is 0 Å². The highest BCUT2D eigenvalue weighted by Crippen LogP contribution is 2.45. The molecule has 2 fully saturated rings. The van der Waals surface area contributed by atoms with E-state index in [0.717, 1.165) is 25.7 Å². The van der Waals surface area contributed by atoms with Crippen LogP contribution < -0.4 is 5.32 Å². The van der Waals surface area contributed by atoms with Crippen LogP contribution in [0.2, 0.25) is 0 Å². The molecule has 1 unspecified atom stereocenters. The second-order valence-electron chi connectivity index (χ2n) is 8.15. The van der Waals surface area contributed by atoms with E-state index in [-0.39, 0.29) is 5.25 Å². The van der Waals surface area contributed by atoms with E-state index in [0.29, 0.717) is 29.2 Å². The highest BCUT2D eigenvalue weighted by atomic mass is 32.2. The molecule has 2 aliphatic rings. The van der Waals surface area contributed by atoms with Gasteiger partial charge in [-0.05, 0) is 42.9 Å². The van der Waals surface area contributed by atoms with Gasteiger partial charge in [0.15, 0.2) is 9.84 Å². The van der Waals surface area contributed by atoms with Crippen LogP contribution in [0, 0.1) is 10.8 Å². The largest absolute Gasteiger partial charge is 0.313 e. The van der Waals surface area contributed by atoms with Crippen LogP contribution in [-0.2, 0) is 9.84 Å². The van der Waals surface area contributed by atoms with Gasteiger partial charge in [0.2, 0.25) is 0 Å². The molecule has 0 radical (unpaired) electrons. The Morgan fingerprint density at radius 2 is 1.68 bits per heavy atom. The van der Waals surface area contributed by atoms with Crippen LogP contribution >= 0.6 is 0 Å². The zero-order valence-corrected chi connectivity index (χ0v) is 13.6. The summed E-state index contributed by atoms with van der Waals surface area (Å²) in [5, 5.41) is 3.41. The van der Waals surface area contributed by atoms with Crippen LogP contribution in [0.15, 0.2) is 0 Å². The summed E-state index contributed by atoms with van der Waals surface area (Å²) in [7, 11) is -2.81. The van der Waals surface area contributed by atoms with Crippen molar-refractivity contribution in [2.45, 2.75) is 71.1 Å². The Balaban J connectivity index is 1.92. The first-order chi connectivity index (χ1) is 8.60. The zero-order chi connectivity index (χ0) is 14.3. The Bertz CT molecular complexity index is 409. The van der Waals surface area contributed by atoms with Crippen molar-refractivity contribution < 1.29 is 8.42 Å². The third-order valence-electron chi connectivity index (χ3n) is 4.65. The van der Waals surface area contributed by atoms with Gasteiger partial charge in [-0.3, -0.25) is 0 Å². The molecule has 0 amide bonds. The van der Waals surface area contributed by atoms with Crippen molar-refractivity contribution in [2.75, 3.05) is 12.3 Å². The smallest absolute Gasteiger partial charge is 0.154 e. The lowest BCUT2D eigenvalue weighted by atomic mass is 9.63. The number of hydrogen-bond donors (Lipinski definition) is 1. The monoisotopic (exact) mass is 287 g/mol. The van der Waals surface area contributed by atoms with Crippen LogP contribution in [0.1, 0.15) is 59.8 Å². The fourth-order valence-corrected chi connectivity index (χ4v) is 6.15. The molecule has 1 N–H and O–H groups in total. The van der Waals surface area contributed by atoms with E-state index >= 15 is 0 Å². The van der Waals surface area contributed by atoms with Gasteiger partial charge in [0.25, 0.3) is 0 Å². The van der Waals surface area contributed by atoms with Gasteiger partial charge in [0, 0.05) is 12.6 Å². The zero-order valence-electron chi connectivity index (χ0n) is 12.8. The van der Waals surface area contributed by atoms with E-state index in [1.807, 2.05) is 0 Å². The predicted octanol–water partition coefficient (Wildman–Crippen LogP) is 2.76. The average Bonchev–Trinajstić information content (AvgIpc) is 2.49. The number of nitrogens with one attached hydrogen (secondary N) is 1. The molecule has 3 nitrogen and oxygen atoms in total. The van der Waals surface area contributed by atoms with Gasteiger partial charge in [-0.15, -0.1) is 0 Å². The molecule has 112 valence electrons. The molecule has 0 aromatic carbocycles. The predicted molar refractivity (Wildman–Crippen MR) is 80.0 cm³/mol. The van der Waals surface area contributed by atoms with Crippen molar-refractivity contribution in [1.82, 2.24) is 5.32 Å². The fraction of sp³-hybridized carbons (Fsp3) is 1.00. The normalized spacial score (nSPS) is 33.4. The molecule has 1 aliphatic heterocycles. The topological polar surface area (TPSA) is 46.2 Å². The van der Waals surface area contributed by atoms with Crippen LogP contribution in [-0.4, -0.2) is 32.0 Å². The lowest BCUT2D eigenvalue weighted by Gasteiger charge is -2.45. The van der Waals surface area contributed by atoms with E-state index in [9.17, 15) is 8.42 Å². The molecule has 0 bridgehead atoms. The minimum Gasteiger partial charge on any atom is -0.313 e. The van der Waals surface area contributed by atoms with Gasteiger partial charge < -0.3 is 5.32 Å². The molecule has 1 atom stereocenters. The third-order valence-corrected chi connectivity index (χ3v) is 6.93. The number of hydrogen-bond acceptors (Lipinski definition) is 3. The Hall–Kier alpha value is -0.0900. The summed E-state index contributed by atoms with van der Waals surface area (Å²) in [6.45, 7) is 9.97. The van der Waals surface area contributed by atoms with Crippen molar-refractivity contribution in [3.63, 3.8) is 0 Å². The highest BCUT2D eigenvalue weighted by molar-refractivity contribution is 7.92. The quantitative estimate of drug-likeness (QED) is 0.868. The van der Waals surface area contributed by atoms with E-state index in [1.54, 1.807) is 0 Å². The molecule has 1 aliphatic carbocycles. The number of sulfone groups is 1. The summed E-state index contributed by atoms with van der Waals surface area (Å²) in [4.78, 5) is 0. The Kier molecular flexibility index (Phi) is 4.05. The van der Waals surface area contributed by atoms with Crippen LogP contribution in [0.5, 0.6) is 0 Å². The second kappa shape index (κ2) is 5.03. The first-order valence-electron chi connectivity index (χ1n) is 7.55. The summed E-state index contributed by atoms with van der Waals surface area (Å²) in [5.74, 6) is 0.390. The summed E-state index contributed by atoms with van der Waals surface area (Å²) in [5.41, 5.74) is 0.710. The standard InChI is InChI=1S/C15H29NO2S/c1-14(2)8-12(9-15(3,4)11-14)16-10-13-6-5-7-19(13,17)18/h12-13,16H,5-11H2,1-4H3. The van der Waals surface area contributed by atoms with E-state index < -0.39 is 9.84 Å². The van der Waals surface area contributed by atoms with Crippen molar-refractivity contribution in [3.05, 3.63) is 0 Å². The minimum atomic E-state index is -2.81. The lowest BCUT2D eigenvalue weighted by molar-refractivity contribution is 0.0853. The van der Waals surface area contributed by atoms with Crippen molar-refractivity contribution in [3.8, 4) is 0 Å². The molecular weight excluding hydrogens is 258 g/mol. The molecule has 0 aromatic rings.